The SMILES string of the molecule is CC(C)(CO)[C@@H](O)C(=O)CCCC(=O)[O-].CC(C)(CO)[C@@H](O)C(=O)CCCC(=O)[O-].[Ca+2]. The number of aliphatic hydroxyl groups is 4. The molecule has 31 heavy (non-hydrogen) atoms. The molecule has 176 valence electrons. The monoisotopic (exact) mass is 474 g/mol. The van der Waals surface area contributed by atoms with Gasteiger partial charge in [-0.15, -0.1) is 0 Å². The molecule has 0 aliphatic rings. The van der Waals surface area contributed by atoms with Crippen LogP contribution in [-0.4, -0.2) is 107 Å². The first-order valence-electron chi connectivity index (χ1n) is 9.65. The second-order valence-corrected chi connectivity index (χ2v) is 8.48. The van der Waals surface area contributed by atoms with Crippen molar-refractivity contribution in [3.8, 4) is 0 Å². The van der Waals surface area contributed by atoms with E-state index in [1.54, 1.807) is 27.7 Å². The van der Waals surface area contributed by atoms with E-state index in [4.69, 9.17) is 10.2 Å². The van der Waals surface area contributed by atoms with Crippen LogP contribution in [0, 0.1) is 10.8 Å². The maximum atomic E-state index is 11.4. The van der Waals surface area contributed by atoms with Gasteiger partial charge in [0.05, 0.1) is 13.2 Å². The van der Waals surface area contributed by atoms with Crippen LogP contribution in [-0.2, 0) is 19.2 Å². The van der Waals surface area contributed by atoms with Crippen LogP contribution in [0.2, 0.25) is 0 Å². The van der Waals surface area contributed by atoms with Crippen LogP contribution in [0.1, 0.15) is 66.2 Å². The molecule has 2 atom stereocenters. The number of hydrogen-bond acceptors (Lipinski definition) is 10. The second kappa shape index (κ2) is 16.9. The number of hydrogen-bond donors (Lipinski definition) is 4. The minimum absolute atomic E-state index is 0. The Morgan fingerprint density at radius 3 is 1.13 bits per heavy atom. The van der Waals surface area contributed by atoms with E-state index in [1.807, 2.05) is 0 Å². The van der Waals surface area contributed by atoms with E-state index in [0.717, 1.165) is 0 Å². The average Bonchev–Trinajstić information content (AvgIpc) is 2.66. The van der Waals surface area contributed by atoms with E-state index in [-0.39, 0.29) is 89.5 Å². The molecule has 0 fully saturated rings. The third-order valence-electron chi connectivity index (χ3n) is 4.51. The van der Waals surface area contributed by atoms with Gasteiger partial charge >= 0.3 is 37.7 Å². The first kappa shape index (κ1) is 35.0. The number of Topliss-reactive ketones (excluding diaryl/α,β-unsaturated/α-hetero) is 2. The number of carboxylic acid groups (broad SMARTS) is 2. The van der Waals surface area contributed by atoms with Crippen LogP contribution >= 0.6 is 0 Å². The summed E-state index contributed by atoms with van der Waals surface area (Å²) in [6, 6.07) is 0. The van der Waals surface area contributed by atoms with Gasteiger partial charge < -0.3 is 40.2 Å². The topological polar surface area (TPSA) is 195 Å². The second-order valence-electron chi connectivity index (χ2n) is 8.48. The van der Waals surface area contributed by atoms with Crippen molar-refractivity contribution in [3.05, 3.63) is 0 Å². The number of aliphatic carboxylic acids is 2. The summed E-state index contributed by atoms with van der Waals surface area (Å²) in [5, 5.41) is 57.1. The zero-order valence-electron chi connectivity index (χ0n) is 18.8. The minimum Gasteiger partial charge on any atom is -0.550 e. The zero-order valence-corrected chi connectivity index (χ0v) is 21.0. The van der Waals surface area contributed by atoms with E-state index < -0.39 is 46.5 Å². The first-order valence-corrected chi connectivity index (χ1v) is 9.65. The molecular weight excluding hydrogens is 440 g/mol. The van der Waals surface area contributed by atoms with E-state index in [1.165, 1.54) is 0 Å². The van der Waals surface area contributed by atoms with Crippen LogP contribution in [0.3, 0.4) is 0 Å². The van der Waals surface area contributed by atoms with Crippen molar-refractivity contribution in [1.82, 2.24) is 0 Å². The van der Waals surface area contributed by atoms with Gasteiger partial charge in [-0.05, 0) is 25.7 Å². The number of carbonyl (C=O) groups is 4. The summed E-state index contributed by atoms with van der Waals surface area (Å²) >= 11 is 0. The summed E-state index contributed by atoms with van der Waals surface area (Å²) in [6.45, 7) is 5.64. The van der Waals surface area contributed by atoms with Gasteiger partial charge in [0.15, 0.2) is 11.6 Å². The summed E-state index contributed by atoms with van der Waals surface area (Å²) in [5.74, 6) is -3.32. The molecule has 0 spiro atoms. The van der Waals surface area contributed by atoms with Gasteiger partial charge in [0.1, 0.15) is 12.2 Å². The largest absolute Gasteiger partial charge is 2.00 e. The van der Waals surface area contributed by atoms with Crippen molar-refractivity contribution in [1.29, 1.82) is 0 Å². The number of rotatable bonds is 14. The van der Waals surface area contributed by atoms with Gasteiger partial charge in [-0.3, -0.25) is 9.59 Å². The van der Waals surface area contributed by atoms with Crippen LogP contribution in [0.5, 0.6) is 0 Å². The molecule has 0 aromatic rings. The molecular formula is C20H34CaO10. The van der Waals surface area contributed by atoms with Gasteiger partial charge in [0.2, 0.25) is 0 Å². The van der Waals surface area contributed by atoms with E-state index in [2.05, 4.69) is 0 Å². The average molecular weight is 475 g/mol. The molecule has 0 aromatic carbocycles. The van der Waals surface area contributed by atoms with Crippen LogP contribution in [0.25, 0.3) is 0 Å². The van der Waals surface area contributed by atoms with Crippen LogP contribution in [0.15, 0.2) is 0 Å². The molecule has 0 saturated heterocycles. The molecule has 0 rings (SSSR count). The third kappa shape index (κ3) is 15.8. The van der Waals surface area contributed by atoms with Gasteiger partial charge in [0, 0.05) is 35.6 Å². The molecule has 4 N–H and O–H groups in total. The Morgan fingerprint density at radius 1 is 0.677 bits per heavy atom. The summed E-state index contributed by atoms with van der Waals surface area (Å²) in [6.07, 6.45) is -2.64. The smallest absolute Gasteiger partial charge is 0.550 e. The standard InChI is InChI=1S/2C10H18O5.Ca/c2*1-10(2,6-11)9(15)7(12)4-3-5-8(13)14;/h2*9,11,15H,3-6H2,1-2H3,(H,13,14);/q;;+2/p-2/t2*9-;/m00./s1. The van der Waals surface area contributed by atoms with Gasteiger partial charge in [-0.1, -0.05) is 27.7 Å². The number of carboxylic acids is 2. The Labute approximate surface area is 212 Å². The molecule has 0 saturated carbocycles. The van der Waals surface area contributed by atoms with Gasteiger partial charge in [0.25, 0.3) is 0 Å². The van der Waals surface area contributed by atoms with Crippen molar-refractivity contribution < 1.29 is 49.8 Å². The molecule has 0 aromatic heterocycles. The fourth-order valence-corrected chi connectivity index (χ4v) is 2.13. The fourth-order valence-electron chi connectivity index (χ4n) is 2.13. The molecule has 0 bridgehead atoms. The normalized spacial score (nSPS) is 13.2. The van der Waals surface area contributed by atoms with Crippen molar-refractivity contribution in [2.24, 2.45) is 10.8 Å². The van der Waals surface area contributed by atoms with Gasteiger partial charge in [-0.2, -0.15) is 0 Å². The summed E-state index contributed by atoms with van der Waals surface area (Å²) < 4.78 is 0. The Hall–Kier alpha value is -0.620. The molecule has 0 amide bonds. The van der Waals surface area contributed by atoms with Gasteiger partial charge in [-0.25, -0.2) is 0 Å². The van der Waals surface area contributed by atoms with Crippen molar-refractivity contribution >= 4 is 61.2 Å². The molecule has 11 heteroatoms. The summed E-state index contributed by atoms with van der Waals surface area (Å²) in [5.41, 5.74) is -1.78. The molecule has 0 aliphatic carbocycles. The maximum absolute atomic E-state index is 11.4. The number of aliphatic hydroxyl groups excluding tert-OH is 4. The van der Waals surface area contributed by atoms with Crippen molar-refractivity contribution in [3.63, 3.8) is 0 Å². The van der Waals surface area contributed by atoms with E-state index in [0.29, 0.717) is 0 Å². The summed E-state index contributed by atoms with van der Waals surface area (Å²) in [4.78, 5) is 42.9. The Bertz CT molecular complexity index is 524. The molecule has 0 radical (unpaired) electrons. The first-order chi connectivity index (χ1) is 13.6. The Kier molecular flexibility index (Phi) is 19.1. The van der Waals surface area contributed by atoms with Crippen molar-refractivity contribution in [2.75, 3.05) is 13.2 Å². The molecule has 0 unspecified atom stereocenters. The van der Waals surface area contributed by atoms with Crippen molar-refractivity contribution in [2.45, 2.75) is 78.4 Å². The van der Waals surface area contributed by atoms with Crippen LogP contribution < -0.4 is 10.2 Å². The Balaban J connectivity index is -0.000000490. The van der Waals surface area contributed by atoms with E-state index >= 15 is 0 Å². The fraction of sp³-hybridized carbons (Fsp3) is 0.800. The molecule has 0 aliphatic heterocycles. The summed E-state index contributed by atoms with van der Waals surface area (Å²) in [7, 11) is 0. The van der Waals surface area contributed by atoms with E-state index in [9.17, 15) is 39.6 Å². The predicted octanol–water partition coefficient (Wildman–Crippen LogP) is -2.67. The quantitative estimate of drug-likeness (QED) is 0.193. The Morgan fingerprint density at radius 2 is 0.935 bits per heavy atom. The maximum Gasteiger partial charge on any atom is 2.00 e. The predicted molar refractivity (Wildman–Crippen MR) is 107 cm³/mol. The molecule has 0 heterocycles. The number of ketones is 2. The van der Waals surface area contributed by atoms with Crippen LogP contribution in [0.4, 0.5) is 0 Å². The zero-order chi connectivity index (χ0) is 24.1. The third-order valence-corrected chi connectivity index (χ3v) is 4.51. The molecule has 10 nitrogen and oxygen atoms in total. The minimum atomic E-state index is -1.26. The number of carbonyl (C=O) groups excluding carboxylic acids is 4.